The molecule has 1 rings (SSSR count). The van der Waals surface area contributed by atoms with E-state index >= 15 is 0 Å². The predicted octanol–water partition coefficient (Wildman–Crippen LogP) is 4.44. The third kappa shape index (κ3) is 3.22. The lowest BCUT2D eigenvalue weighted by Gasteiger charge is -2.16. The average molecular weight is 224 g/mol. The zero-order chi connectivity index (χ0) is 12.1. The van der Waals surface area contributed by atoms with E-state index in [0.717, 1.165) is 29.7 Å². The van der Waals surface area contributed by atoms with E-state index in [1.165, 1.54) is 6.07 Å². The minimum Gasteiger partial charge on any atom is -0.493 e. The number of hydrogen-bond donors (Lipinski definition) is 0. The van der Waals surface area contributed by atoms with Crippen LogP contribution in [0.25, 0.3) is 0 Å². The third-order valence-electron chi connectivity index (χ3n) is 2.63. The molecular formula is C14H21FO. The van der Waals surface area contributed by atoms with Crippen molar-refractivity contribution < 1.29 is 9.13 Å². The third-order valence-corrected chi connectivity index (χ3v) is 2.63. The van der Waals surface area contributed by atoms with Gasteiger partial charge in [0.15, 0.2) is 0 Å². The van der Waals surface area contributed by atoms with Gasteiger partial charge in [0.05, 0.1) is 6.61 Å². The summed E-state index contributed by atoms with van der Waals surface area (Å²) in [7, 11) is 0. The number of rotatable bonds is 5. The highest BCUT2D eigenvalue weighted by Crippen LogP contribution is 2.31. The first-order valence-electron chi connectivity index (χ1n) is 5.99. The normalized spacial score (nSPS) is 10.9. The summed E-state index contributed by atoms with van der Waals surface area (Å²) in [4.78, 5) is 0. The molecule has 0 aliphatic rings. The number of halogens is 1. The Balaban J connectivity index is 2.95. The van der Waals surface area contributed by atoms with Gasteiger partial charge in [0.2, 0.25) is 0 Å². The van der Waals surface area contributed by atoms with Crippen molar-refractivity contribution in [2.24, 2.45) is 0 Å². The van der Waals surface area contributed by atoms with Crippen LogP contribution < -0.4 is 4.74 Å². The molecule has 0 atom stereocenters. The molecule has 0 bridgehead atoms. The first kappa shape index (κ1) is 13.0. The quantitative estimate of drug-likeness (QED) is 0.672. The van der Waals surface area contributed by atoms with Crippen LogP contribution >= 0.6 is 0 Å². The van der Waals surface area contributed by atoms with Gasteiger partial charge in [-0.25, -0.2) is 4.39 Å². The van der Waals surface area contributed by atoms with Crippen LogP contribution in [0.1, 0.15) is 50.7 Å². The highest BCUT2D eigenvalue weighted by molar-refractivity contribution is 5.43. The lowest BCUT2D eigenvalue weighted by Crippen LogP contribution is -2.03. The maximum Gasteiger partial charge on any atom is 0.125 e. The zero-order valence-corrected chi connectivity index (χ0v) is 10.6. The Labute approximate surface area is 97.6 Å². The zero-order valence-electron chi connectivity index (χ0n) is 10.6. The molecule has 0 unspecified atom stereocenters. The number of hydrogen-bond acceptors (Lipinski definition) is 1. The van der Waals surface area contributed by atoms with Gasteiger partial charge in [0.25, 0.3) is 0 Å². The summed E-state index contributed by atoms with van der Waals surface area (Å²) in [5, 5.41) is 0. The Morgan fingerprint density at radius 1 is 1.31 bits per heavy atom. The predicted molar refractivity (Wildman–Crippen MR) is 65.6 cm³/mol. The van der Waals surface area contributed by atoms with Gasteiger partial charge in [-0.15, -0.1) is 0 Å². The molecule has 0 spiro atoms. The molecule has 0 saturated carbocycles. The summed E-state index contributed by atoms with van der Waals surface area (Å²) < 4.78 is 19.1. The fraction of sp³-hybridized carbons (Fsp3) is 0.571. The average Bonchev–Trinajstić information content (AvgIpc) is 2.20. The Hall–Kier alpha value is -1.05. The van der Waals surface area contributed by atoms with Gasteiger partial charge in [0, 0.05) is 0 Å². The highest BCUT2D eigenvalue weighted by atomic mass is 19.1. The highest BCUT2D eigenvalue weighted by Gasteiger charge is 2.12. The molecule has 0 aromatic heterocycles. The SMILES string of the molecule is CCCCOc1c(C)cc(F)cc1C(C)C. The van der Waals surface area contributed by atoms with E-state index in [4.69, 9.17) is 4.74 Å². The molecule has 1 aromatic carbocycles. The van der Waals surface area contributed by atoms with Gasteiger partial charge in [-0.2, -0.15) is 0 Å². The van der Waals surface area contributed by atoms with Crippen molar-refractivity contribution in [3.05, 3.63) is 29.1 Å². The lowest BCUT2D eigenvalue weighted by atomic mass is 9.99. The smallest absolute Gasteiger partial charge is 0.125 e. The van der Waals surface area contributed by atoms with Crippen LogP contribution in [0.2, 0.25) is 0 Å². The van der Waals surface area contributed by atoms with Crippen molar-refractivity contribution in [3.8, 4) is 5.75 Å². The molecule has 2 heteroatoms. The summed E-state index contributed by atoms with van der Waals surface area (Å²) in [5.74, 6) is 0.972. The van der Waals surface area contributed by atoms with E-state index in [1.807, 2.05) is 6.92 Å². The van der Waals surface area contributed by atoms with Crippen LogP contribution in [0.4, 0.5) is 4.39 Å². The van der Waals surface area contributed by atoms with E-state index < -0.39 is 0 Å². The van der Waals surface area contributed by atoms with Crippen LogP contribution in [0, 0.1) is 12.7 Å². The first-order chi connectivity index (χ1) is 7.56. The summed E-state index contributed by atoms with van der Waals surface area (Å²) in [6.07, 6.45) is 2.14. The molecule has 0 fully saturated rings. The minimum atomic E-state index is -0.177. The van der Waals surface area contributed by atoms with Crippen molar-refractivity contribution in [1.82, 2.24) is 0 Å². The molecule has 1 nitrogen and oxygen atoms in total. The van der Waals surface area contributed by atoms with Gasteiger partial charge in [-0.05, 0) is 42.5 Å². The van der Waals surface area contributed by atoms with Crippen LogP contribution in [0.5, 0.6) is 5.75 Å². The van der Waals surface area contributed by atoms with Gasteiger partial charge in [0.1, 0.15) is 11.6 Å². The molecule has 0 N–H and O–H groups in total. The lowest BCUT2D eigenvalue weighted by molar-refractivity contribution is 0.302. The van der Waals surface area contributed by atoms with Crippen molar-refractivity contribution >= 4 is 0 Å². The molecule has 0 amide bonds. The van der Waals surface area contributed by atoms with Gasteiger partial charge in [-0.3, -0.25) is 0 Å². The Bertz CT molecular complexity index is 345. The summed E-state index contributed by atoms with van der Waals surface area (Å²) in [6, 6.07) is 3.12. The van der Waals surface area contributed by atoms with Gasteiger partial charge in [-0.1, -0.05) is 27.2 Å². The molecule has 0 aliphatic carbocycles. The largest absolute Gasteiger partial charge is 0.493 e. The maximum absolute atomic E-state index is 13.3. The summed E-state index contributed by atoms with van der Waals surface area (Å²) in [5.41, 5.74) is 1.86. The standard InChI is InChI=1S/C14H21FO/c1-5-6-7-16-14-11(4)8-12(15)9-13(14)10(2)3/h8-10H,5-7H2,1-4H3. The van der Waals surface area contributed by atoms with E-state index in [0.29, 0.717) is 6.61 Å². The number of benzene rings is 1. The van der Waals surface area contributed by atoms with Gasteiger partial charge >= 0.3 is 0 Å². The second-order valence-electron chi connectivity index (χ2n) is 4.50. The molecule has 0 saturated heterocycles. The van der Waals surface area contributed by atoms with Crippen LogP contribution in [-0.2, 0) is 0 Å². The molecule has 16 heavy (non-hydrogen) atoms. The second kappa shape index (κ2) is 5.88. The molecular weight excluding hydrogens is 203 g/mol. The topological polar surface area (TPSA) is 9.23 Å². The van der Waals surface area contributed by atoms with Crippen molar-refractivity contribution in [3.63, 3.8) is 0 Å². The molecule has 90 valence electrons. The molecule has 0 radical (unpaired) electrons. The Kier molecular flexibility index (Phi) is 4.78. The molecule has 0 aliphatic heterocycles. The fourth-order valence-electron chi connectivity index (χ4n) is 1.70. The monoisotopic (exact) mass is 224 g/mol. The maximum atomic E-state index is 13.3. The van der Waals surface area contributed by atoms with E-state index in [1.54, 1.807) is 6.07 Å². The van der Waals surface area contributed by atoms with E-state index in [9.17, 15) is 4.39 Å². The Morgan fingerprint density at radius 3 is 2.56 bits per heavy atom. The Morgan fingerprint density at radius 2 is 2.00 bits per heavy atom. The number of aryl methyl sites for hydroxylation is 1. The van der Waals surface area contributed by atoms with E-state index in [-0.39, 0.29) is 11.7 Å². The van der Waals surface area contributed by atoms with E-state index in [2.05, 4.69) is 20.8 Å². The van der Waals surface area contributed by atoms with Crippen molar-refractivity contribution in [1.29, 1.82) is 0 Å². The molecule has 0 heterocycles. The first-order valence-corrected chi connectivity index (χ1v) is 5.99. The fourth-order valence-corrected chi connectivity index (χ4v) is 1.70. The van der Waals surface area contributed by atoms with Crippen LogP contribution in [-0.4, -0.2) is 6.61 Å². The number of ether oxygens (including phenoxy) is 1. The number of unbranched alkanes of at least 4 members (excludes halogenated alkanes) is 1. The summed E-state index contributed by atoms with van der Waals surface area (Å²) >= 11 is 0. The minimum absolute atomic E-state index is 0.177. The van der Waals surface area contributed by atoms with Gasteiger partial charge < -0.3 is 4.74 Å². The molecule has 1 aromatic rings. The van der Waals surface area contributed by atoms with Crippen LogP contribution in [0.3, 0.4) is 0 Å². The van der Waals surface area contributed by atoms with Crippen molar-refractivity contribution in [2.75, 3.05) is 6.61 Å². The van der Waals surface area contributed by atoms with Crippen molar-refractivity contribution in [2.45, 2.75) is 46.5 Å². The second-order valence-corrected chi connectivity index (χ2v) is 4.50. The van der Waals surface area contributed by atoms with Crippen LogP contribution in [0.15, 0.2) is 12.1 Å². The summed E-state index contributed by atoms with van der Waals surface area (Å²) in [6.45, 7) is 8.85.